The third-order valence-corrected chi connectivity index (χ3v) is 2.84. The van der Waals surface area contributed by atoms with Gasteiger partial charge in [0.05, 0.1) is 0 Å². The summed E-state index contributed by atoms with van der Waals surface area (Å²) in [4.78, 5) is 4.13. The summed E-state index contributed by atoms with van der Waals surface area (Å²) in [7, 11) is 0. The van der Waals surface area contributed by atoms with Crippen molar-refractivity contribution in [1.29, 1.82) is 0 Å². The minimum Gasteiger partial charge on any atom is -0.473 e. The summed E-state index contributed by atoms with van der Waals surface area (Å²) in [6.45, 7) is 7.20. The third-order valence-electron chi connectivity index (χ3n) is 2.84. The average molecular weight is 241 g/mol. The van der Waals surface area contributed by atoms with Crippen LogP contribution in [0.1, 0.15) is 31.9 Å². The molecule has 1 aromatic heterocycles. The number of rotatable bonds is 3. The Balaban J connectivity index is 1.99. The van der Waals surface area contributed by atoms with Crippen molar-refractivity contribution < 1.29 is 4.74 Å². The molecule has 94 valence electrons. The second kappa shape index (κ2) is 5.21. The van der Waals surface area contributed by atoms with Crippen molar-refractivity contribution in [3.05, 3.63) is 59.8 Å². The molecule has 1 aromatic carbocycles. The first kappa shape index (κ1) is 12.6. The Morgan fingerprint density at radius 1 is 1.00 bits per heavy atom. The quantitative estimate of drug-likeness (QED) is 0.811. The molecule has 2 aromatic rings. The second-order valence-corrected chi connectivity index (χ2v) is 5.40. The van der Waals surface area contributed by atoms with E-state index < -0.39 is 0 Å². The van der Waals surface area contributed by atoms with Gasteiger partial charge < -0.3 is 4.74 Å². The Morgan fingerprint density at radius 3 is 2.28 bits per heavy atom. The highest BCUT2D eigenvalue weighted by atomic mass is 16.5. The van der Waals surface area contributed by atoms with E-state index in [4.69, 9.17) is 4.74 Å². The molecule has 2 rings (SSSR count). The van der Waals surface area contributed by atoms with Crippen molar-refractivity contribution >= 4 is 0 Å². The fraction of sp³-hybridized carbons (Fsp3) is 0.312. The molecule has 0 atom stereocenters. The van der Waals surface area contributed by atoms with Gasteiger partial charge in [0, 0.05) is 12.3 Å². The summed E-state index contributed by atoms with van der Waals surface area (Å²) in [5.41, 5.74) is 2.69. The number of hydrogen-bond donors (Lipinski definition) is 0. The SMILES string of the molecule is CC(C)(C)c1ccc(COc2ccccn2)cc1. The number of benzene rings is 1. The van der Waals surface area contributed by atoms with Gasteiger partial charge in [-0.15, -0.1) is 0 Å². The number of hydrogen-bond acceptors (Lipinski definition) is 2. The first-order chi connectivity index (χ1) is 8.55. The van der Waals surface area contributed by atoms with E-state index in [9.17, 15) is 0 Å². The molecule has 0 saturated heterocycles. The molecule has 0 fully saturated rings. The molecule has 0 N–H and O–H groups in total. The van der Waals surface area contributed by atoms with Crippen molar-refractivity contribution in [3.63, 3.8) is 0 Å². The van der Waals surface area contributed by atoms with Crippen LogP contribution in [0.3, 0.4) is 0 Å². The minimum absolute atomic E-state index is 0.195. The third kappa shape index (κ3) is 3.33. The molecule has 0 aliphatic carbocycles. The summed E-state index contributed by atoms with van der Waals surface area (Å²) in [6, 6.07) is 14.2. The molecule has 0 aliphatic heterocycles. The van der Waals surface area contributed by atoms with Crippen LogP contribution in [0.15, 0.2) is 48.7 Å². The van der Waals surface area contributed by atoms with E-state index in [2.05, 4.69) is 50.0 Å². The molecule has 0 radical (unpaired) electrons. The zero-order chi connectivity index (χ0) is 13.0. The van der Waals surface area contributed by atoms with Gasteiger partial charge in [-0.1, -0.05) is 51.1 Å². The van der Waals surface area contributed by atoms with Crippen LogP contribution in [0.25, 0.3) is 0 Å². The Labute approximate surface area is 109 Å². The van der Waals surface area contributed by atoms with Gasteiger partial charge in [-0.05, 0) is 22.6 Å². The van der Waals surface area contributed by atoms with Crippen molar-refractivity contribution in [2.75, 3.05) is 0 Å². The van der Waals surface area contributed by atoms with Gasteiger partial charge in [0.2, 0.25) is 5.88 Å². The lowest BCUT2D eigenvalue weighted by atomic mass is 9.87. The monoisotopic (exact) mass is 241 g/mol. The molecule has 0 spiro atoms. The van der Waals surface area contributed by atoms with Crippen LogP contribution in [0, 0.1) is 0 Å². The number of aromatic nitrogens is 1. The number of pyridine rings is 1. The lowest BCUT2D eigenvalue weighted by molar-refractivity contribution is 0.294. The van der Waals surface area contributed by atoms with Crippen LogP contribution in [0.4, 0.5) is 0 Å². The molecular weight excluding hydrogens is 222 g/mol. The maximum absolute atomic E-state index is 5.61. The zero-order valence-corrected chi connectivity index (χ0v) is 11.2. The highest BCUT2D eigenvalue weighted by Gasteiger charge is 2.12. The van der Waals surface area contributed by atoms with Gasteiger partial charge >= 0.3 is 0 Å². The van der Waals surface area contributed by atoms with Gasteiger partial charge in [-0.3, -0.25) is 0 Å². The van der Waals surface area contributed by atoms with Crippen LogP contribution in [-0.4, -0.2) is 4.98 Å². The largest absolute Gasteiger partial charge is 0.473 e. The molecule has 0 aliphatic rings. The average Bonchev–Trinajstić information content (AvgIpc) is 2.37. The van der Waals surface area contributed by atoms with Gasteiger partial charge in [0.25, 0.3) is 0 Å². The minimum atomic E-state index is 0.195. The summed E-state index contributed by atoms with van der Waals surface area (Å²) >= 11 is 0. The van der Waals surface area contributed by atoms with Crippen LogP contribution >= 0.6 is 0 Å². The Kier molecular flexibility index (Phi) is 3.66. The lowest BCUT2D eigenvalue weighted by Crippen LogP contribution is -2.10. The maximum atomic E-state index is 5.61. The van der Waals surface area contributed by atoms with E-state index in [1.165, 1.54) is 5.56 Å². The first-order valence-electron chi connectivity index (χ1n) is 6.19. The van der Waals surface area contributed by atoms with Crippen molar-refractivity contribution in [3.8, 4) is 5.88 Å². The van der Waals surface area contributed by atoms with Gasteiger partial charge in [0.15, 0.2) is 0 Å². The Bertz CT molecular complexity index is 483. The highest BCUT2D eigenvalue weighted by Crippen LogP contribution is 2.22. The summed E-state index contributed by atoms with van der Waals surface area (Å²) in [5, 5.41) is 0. The van der Waals surface area contributed by atoms with Crippen molar-refractivity contribution in [2.45, 2.75) is 32.8 Å². The number of ether oxygens (including phenoxy) is 1. The molecule has 1 heterocycles. The van der Waals surface area contributed by atoms with E-state index in [-0.39, 0.29) is 5.41 Å². The molecular formula is C16H19NO. The fourth-order valence-corrected chi connectivity index (χ4v) is 1.69. The van der Waals surface area contributed by atoms with Crippen LogP contribution in [-0.2, 0) is 12.0 Å². The molecule has 2 heteroatoms. The molecule has 0 bridgehead atoms. The first-order valence-corrected chi connectivity index (χ1v) is 6.19. The Morgan fingerprint density at radius 2 is 1.72 bits per heavy atom. The summed E-state index contributed by atoms with van der Waals surface area (Å²) in [5.74, 6) is 0.664. The smallest absolute Gasteiger partial charge is 0.213 e. The predicted octanol–water partition coefficient (Wildman–Crippen LogP) is 3.96. The summed E-state index contributed by atoms with van der Waals surface area (Å²) in [6.07, 6.45) is 1.73. The molecule has 0 unspecified atom stereocenters. The summed E-state index contributed by atoms with van der Waals surface area (Å²) < 4.78 is 5.61. The van der Waals surface area contributed by atoms with Gasteiger partial charge in [-0.25, -0.2) is 4.98 Å². The van der Waals surface area contributed by atoms with Crippen LogP contribution < -0.4 is 4.74 Å². The molecule has 0 saturated carbocycles. The van der Waals surface area contributed by atoms with Crippen molar-refractivity contribution in [2.24, 2.45) is 0 Å². The van der Waals surface area contributed by atoms with Crippen molar-refractivity contribution in [1.82, 2.24) is 4.98 Å². The van der Waals surface area contributed by atoms with E-state index in [0.717, 1.165) is 5.56 Å². The lowest BCUT2D eigenvalue weighted by Gasteiger charge is -2.19. The second-order valence-electron chi connectivity index (χ2n) is 5.40. The van der Waals surface area contributed by atoms with E-state index in [0.29, 0.717) is 12.5 Å². The molecule has 0 amide bonds. The van der Waals surface area contributed by atoms with Crippen LogP contribution in [0.5, 0.6) is 5.88 Å². The molecule has 18 heavy (non-hydrogen) atoms. The van der Waals surface area contributed by atoms with Gasteiger partial charge in [-0.2, -0.15) is 0 Å². The van der Waals surface area contributed by atoms with E-state index in [1.807, 2.05) is 18.2 Å². The van der Waals surface area contributed by atoms with E-state index in [1.54, 1.807) is 6.20 Å². The topological polar surface area (TPSA) is 22.1 Å². The standard InChI is InChI=1S/C16H19NO/c1-16(2,3)14-9-7-13(8-10-14)12-18-15-6-4-5-11-17-15/h4-11H,12H2,1-3H3. The predicted molar refractivity (Wildman–Crippen MR) is 73.7 cm³/mol. The Hall–Kier alpha value is -1.83. The van der Waals surface area contributed by atoms with Crippen LogP contribution in [0.2, 0.25) is 0 Å². The highest BCUT2D eigenvalue weighted by molar-refractivity contribution is 5.27. The normalized spacial score (nSPS) is 11.3. The van der Waals surface area contributed by atoms with Gasteiger partial charge in [0.1, 0.15) is 6.61 Å². The fourth-order valence-electron chi connectivity index (χ4n) is 1.69. The number of nitrogens with zero attached hydrogens (tertiary/aromatic N) is 1. The molecule has 2 nitrogen and oxygen atoms in total. The zero-order valence-electron chi connectivity index (χ0n) is 11.2. The maximum Gasteiger partial charge on any atom is 0.213 e. The van der Waals surface area contributed by atoms with E-state index >= 15 is 0 Å².